The van der Waals surface area contributed by atoms with Crippen LogP contribution in [0.25, 0.3) is 0 Å². The summed E-state index contributed by atoms with van der Waals surface area (Å²) in [4.78, 5) is 0. The smallest absolute Gasteiger partial charge is 0.0505 e. The van der Waals surface area contributed by atoms with Crippen LogP contribution in [0.1, 0.15) is 0 Å². The van der Waals surface area contributed by atoms with Crippen molar-refractivity contribution in [2.24, 2.45) is 5.84 Å². The van der Waals surface area contributed by atoms with E-state index < -0.39 is 0 Å². The van der Waals surface area contributed by atoms with Gasteiger partial charge in [-0.3, -0.25) is 5.84 Å². The van der Waals surface area contributed by atoms with Crippen molar-refractivity contribution < 1.29 is 0 Å². The Kier molecular flexibility index (Phi) is 2.12. The zero-order valence-corrected chi connectivity index (χ0v) is 5.89. The lowest BCUT2D eigenvalue weighted by Gasteiger charge is -2.02. The Morgan fingerprint density at radius 2 is 2.00 bits per heavy atom. The zero-order valence-electron chi connectivity index (χ0n) is 5.89. The Bertz CT molecular complexity index is 191. The molecule has 3 heteroatoms. The van der Waals surface area contributed by atoms with Crippen molar-refractivity contribution in [2.75, 3.05) is 17.8 Å². The predicted molar refractivity (Wildman–Crippen MR) is 43.8 cm³/mol. The summed E-state index contributed by atoms with van der Waals surface area (Å²) in [5.41, 5.74) is 4.52. The maximum absolute atomic E-state index is 5.20. The molecule has 54 valence electrons. The third-order valence-electron chi connectivity index (χ3n) is 1.32. The van der Waals surface area contributed by atoms with Crippen molar-refractivity contribution in [2.45, 2.75) is 0 Å². The first-order valence-corrected chi connectivity index (χ1v) is 3.11. The summed E-state index contributed by atoms with van der Waals surface area (Å²) < 4.78 is 0. The average molecular weight is 137 g/mol. The highest BCUT2D eigenvalue weighted by Gasteiger charge is 1.88. The molecule has 4 N–H and O–H groups in total. The fraction of sp³-hybridized carbons (Fsp3) is 0.143. The van der Waals surface area contributed by atoms with E-state index in [1.54, 1.807) is 0 Å². The summed E-state index contributed by atoms with van der Waals surface area (Å²) in [6.07, 6.45) is 0. The van der Waals surface area contributed by atoms with Gasteiger partial charge in [0.2, 0.25) is 0 Å². The van der Waals surface area contributed by atoms with E-state index in [4.69, 9.17) is 5.84 Å². The maximum Gasteiger partial charge on any atom is 0.0505 e. The van der Waals surface area contributed by atoms with Gasteiger partial charge in [0.25, 0.3) is 0 Å². The molecule has 0 amide bonds. The highest BCUT2D eigenvalue weighted by atomic mass is 15.2. The van der Waals surface area contributed by atoms with E-state index in [0.29, 0.717) is 0 Å². The molecule has 0 fully saturated rings. The van der Waals surface area contributed by atoms with Crippen molar-refractivity contribution in [3.05, 3.63) is 24.3 Å². The number of anilines is 2. The molecule has 0 aliphatic heterocycles. The number of hydrogen-bond donors (Lipinski definition) is 3. The minimum absolute atomic E-state index is 0.909. The molecule has 1 aromatic rings. The molecule has 1 aromatic carbocycles. The lowest BCUT2D eigenvalue weighted by atomic mass is 10.3. The Morgan fingerprint density at radius 1 is 1.30 bits per heavy atom. The molecule has 0 bridgehead atoms. The number of hydrazine groups is 1. The van der Waals surface area contributed by atoms with Gasteiger partial charge in [-0.05, 0) is 18.2 Å². The van der Waals surface area contributed by atoms with Crippen LogP contribution in [0, 0.1) is 0 Å². The van der Waals surface area contributed by atoms with Crippen LogP contribution in [0.5, 0.6) is 0 Å². The Hall–Kier alpha value is -1.22. The number of hydrogen-bond acceptors (Lipinski definition) is 3. The van der Waals surface area contributed by atoms with Crippen molar-refractivity contribution >= 4 is 11.4 Å². The molecule has 10 heavy (non-hydrogen) atoms. The van der Waals surface area contributed by atoms with E-state index in [1.807, 2.05) is 31.3 Å². The molecule has 0 saturated heterocycles. The van der Waals surface area contributed by atoms with Crippen molar-refractivity contribution in [1.82, 2.24) is 0 Å². The Labute approximate surface area is 60.2 Å². The van der Waals surface area contributed by atoms with Crippen molar-refractivity contribution in [1.29, 1.82) is 0 Å². The van der Waals surface area contributed by atoms with Crippen LogP contribution in [0.2, 0.25) is 0 Å². The first-order valence-electron chi connectivity index (χ1n) is 3.11. The zero-order chi connectivity index (χ0) is 7.40. The topological polar surface area (TPSA) is 50.1 Å². The highest BCUT2D eigenvalue weighted by molar-refractivity contribution is 5.55. The van der Waals surface area contributed by atoms with Crippen LogP contribution >= 0.6 is 0 Å². The molecule has 0 aromatic heterocycles. The molecule has 0 saturated carbocycles. The number of nitrogens with two attached hydrogens (primary N) is 1. The Morgan fingerprint density at radius 3 is 2.60 bits per heavy atom. The lowest BCUT2D eigenvalue weighted by molar-refractivity contribution is 1.35. The maximum atomic E-state index is 5.20. The number of nitrogen functional groups attached to an aromatic ring is 1. The van der Waals surface area contributed by atoms with E-state index in [-0.39, 0.29) is 0 Å². The van der Waals surface area contributed by atoms with Gasteiger partial charge in [0, 0.05) is 12.7 Å². The summed E-state index contributed by atoms with van der Waals surface area (Å²) in [5, 5.41) is 3.01. The summed E-state index contributed by atoms with van der Waals surface area (Å²) in [7, 11) is 1.87. The third-order valence-corrected chi connectivity index (χ3v) is 1.32. The van der Waals surface area contributed by atoms with E-state index in [0.717, 1.165) is 11.4 Å². The van der Waals surface area contributed by atoms with Crippen LogP contribution in [0.4, 0.5) is 11.4 Å². The van der Waals surface area contributed by atoms with Crippen molar-refractivity contribution in [3.8, 4) is 0 Å². The van der Waals surface area contributed by atoms with Gasteiger partial charge in [-0.25, -0.2) is 0 Å². The lowest BCUT2D eigenvalue weighted by Crippen LogP contribution is -2.06. The van der Waals surface area contributed by atoms with Gasteiger partial charge in [-0.2, -0.15) is 0 Å². The SMILES string of the molecule is CNc1cccc(NN)c1. The molecule has 0 unspecified atom stereocenters. The summed E-state index contributed by atoms with van der Waals surface area (Å²) in [6.45, 7) is 0. The van der Waals surface area contributed by atoms with Gasteiger partial charge in [0.15, 0.2) is 0 Å². The van der Waals surface area contributed by atoms with E-state index >= 15 is 0 Å². The van der Waals surface area contributed by atoms with Crippen LogP contribution in [-0.2, 0) is 0 Å². The molecular formula is C7H11N3. The minimum Gasteiger partial charge on any atom is -0.388 e. The summed E-state index contributed by atoms with van der Waals surface area (Å²) in [6, 6.07) is 7.74. The first-order chi connectivity index (χ1) is 4.86. The molecule has 0 aliphatic rings. The number of nitrogens with one attached hydrogen (secondary N) is 2. The fourth-order valence-corrected chi connectivity index (χ4v) is 0.764. The standard InChI is InChI=1S/C7H11N3/c1-9-6-3-2-4-7(5-6)10-8/h2-5,9-10H,8H2,1H3. The second kappa shape index (κ2) is 3.08. The normalized spacial score (nSPS) is 9.00. The van der Waals surface area contributed by atoms with Crippen LogP contribution in [0.3, 0.4) is 0 Å². The molecule has 3 nitrogen and oxygen atoms in total. The van der Waals surface area contributed by atoms with Gasteiger partial charge in [-0.1, -0.05) is 6.07 Å². The largest absolute Gasteiger partial charge is 0.388 e. The second-order valence-electron chi connectivity index (χ2n) is 1.98. The van der Waals surface area contributed by atoms with Gasteiger partial charge in [0.1, 0.15) is 0 Å². The van der Waals surface area contributed by atoms with Crippen LogP contribution in [0.15, 0.2) is 24.3 Å². The molecule has 0 aliphatic carbocycles. The summed E-state index contributed by atoms with van der Waals surface area (Å²) in [5.74, 6) is 5.20. The first kappa shape index (κ1) is 6.89. The molecular weight excluding hydrogens is 126 g/mol. The Balaban J connectivity index is 2.87. The molecule has 0 heterocycles. The number of rotatable bonds is 2. The second-order valence-corrected chi connectivity index (χ2v) is 1.98. The fourth-order valence-electron chi connectivity index (χ4n) is 0.764. The molecule has 1 rings (SSSR count). The van der Waals surface area contributed by atoms with E-state index in [9.17, 15) is 0 Å². The third kappa shape index (κ3) is 1.39. The predicted octanol–water partition coefficient (Wildman–Crippen LogP) is 1.01. The molecule has 0 spiro atoms. The van der Waals surface area contributed by atoms with Crippen LogP contribution < -0.4 is 16.6 Å². The highest BCUT2D eigenvalue weighted by Crippen LogP contribution is 2.12. The quantitative estimate of drug-likeness (QED) is 0.421. The van der Waals surface area contributed by atoms with Gasteiger partial charge >= 0.3 is 0 Å². The molecule has 0 radical (unpaired) electrons. The summed E-state index contributed by atoms with van der Waals surface area (Å²) >= 11 is 0. The van der Waals surface area contributed by atoms with E-state index in [2.05, 4.69) is 10.7 Å². The van der Waals surface area contributed by atoms with Gasteiger partial charge in [0.05, 0.1) is 5.69 Å². The van der Waals surface area contributed by atoms with E-state index in [1.165, 1.54) is 0 Å². The monoisotopic (exact) mass is 137 g/mol. The average Bonchev–Trinajstić information content (AvgIpc) is 2.05. The minimum atomic E-state index is 0.909. The van der Waals surface area contributed by atoms with Gasteiger partial charge in [-0.15, -0.1) is 0 Å². The van der Waals surface area contributed by atoms with Crippen molar-refractivity contribution in [3.63, 3.8) is 0 Å². The molecule has 0 atom stereocenters. The number of benzene rings is 1. The van der Waals surface area contributed by atoms with Gasteiger partial charge < -0.3 is 10.7 Å². The van der Waals surface area contributed by atoms with Crippen LogP contribution in [-0.4, -0.2) is 7.05 Å².